The van der Waals surface area contributed by atoms with Crippen LogP contribution < -0.4 is 0 Å². The van der Waals surface area contributed by atoms with E-state index in [-0.39, 0.29) is 32.0 Å². The number of allylic oxidation sites excluding steroid dienone is 8. The number of esters is 2. The third kappa shape index (κ3) is 45.3. The van der Waals surface area contributed by atoms with Crippen molar-refractivity contribution >= 4 is 19.8 Å². The topological polar surface area (TPSA) is 108 Å². The summed E-state index contributed by atoms with van der Waals surface area (Å²) in [5, 5.41) is 0. The molecule has 0 bridgehead atoms. The monoisotopic (exact) mass is 853 g/mol. The van der Waals surface area contributed by atoms with Gasteiger partial charge >= 0.3 is 19.8 Å². The minimum Gasteiger partial charge on any atom is -0.462 e. The molecule has 0 saturated carbocycles. The molecule has 0 fully saturated rings. The van der Waals surface area contributed by atoms with Gasteiger partial charge in [-0.25, -0.2) is 4.57 Å². The van der Waals surface area contributed by atoms with E-state index in [4.69, 9.17) is 18.5 Å². The summed E-state index contributed by atoms with van der Waals surface area (Å²) in [6, 6.07) is 0. The Morgan fingerprint density at radius 3 is 1.44 bits per heavy atom. The first-order valence-corrected chi connectivity index (χ1v) is 25.4. The maximum atomic E-state index is 12.7. The minimum absolute atomic E-state index is 0.0308. The van der Waals surface area contributed by atoms with Crippen LogP contribution in [-0.2, 0) is 32.7 Å². The van der Waals surface area contributed by atoms with Gasteiger partial charge in [-0.15, -0.1) is 0 Å². The van der Waals surface area contributed by atoms with Crippen LogP contribution in [0, 0.1) is 0 Å². The molecule has 0 saturated heterocycles. The number of ether oxygens (including phenoxy) is 2. The lowest BCUT2D eigenvalue weighted by atomic mass is 10.0. The van der Waals surface area contributed by atoms with Crippen LogP contribution in [0.4, 0.5) is 0 Å². The van der Waals surface area contributed by atoms with E-state index in [0.29, 0.717) is 17.4 Å². The van der Waals surface area contributed by atoms with Gasteiger partial charge in [-0.05, 0) is 51.4 Å². The lowest BCUT2D eigenvalue weighted by Crippen LogP contribution is -2.37. The highest BCUT2D eigenvalue weighted by atomic mass is 31.2. The lowest BCUT2D eigenvalue weighted by molar-refractivity contribution is -0.870. The van der Waals surface area contributed by atoms with Gasteiger partial charge in [0.2, 0.25) is 0 Å². The molecule has 0 aromatic carbocycles. The highest BCUT2D eigenvalue weighted by Gasteiger charge is 2.27. The van der Waals surface area contributed by atoms with Gasteiger partial charge in [-0.3, -0.25) is 18.6 Å². The van der Waals surface area contributed by atoms with Crippen molar-refractivity contribution in [1.29, 1.82) is 0 Å². The summed E-state index contributed by atoms with van der Waals surface area (Å²) < 4.78 is 34.4. The van der Waals surface area contributed by atoms with Crippen LogP contribution >= 0.6 is 7.82 Å². The molecule has 0 heterocycles. The van der Waals surface area contributed by atoms with Crippen molar-refractivity contribution in [3.63, 3.8) is 0 Å². The number of quaternary nitrogens is 1. The van der Waals surface area contributed by atoms with E-state index in [1.807, 2.05) is 21.1 Å². The SMILES string of the molecule is CC/C=C\C/C=C\C/C=C\C/C=C\CCCCCCCCCCCCC(=O)OC(COC(=O)CCCCCCCCCCCCCC)COP(=O)(O)OCC[N+](C)(C)C. The molecule has 1 N–H and O–H groups in total. The lowest BCUT2D eigenvalue weighted by Gasteiger charge is -2.24. The normalized spacial score (nSPS) is 13.9. The minimum atomic E-state index is -4.38. The Kier molecular flexibility index (Phi) is 39.9. The standard InChI is InChI=1S/C49H90NO8P/c1-6-8-10-12-14-16-18-20-21-22-23-24-25-26-27-28-29-30-32-34-36-38-40-42-49(52)58-47(46-57-59(53,54)56-44-43-50(3,4)5)45-55-48(51)41-39-37-35-33-31-19-17-15-13-11-9-7-2/h8,10,14,16,20-21,23-24,47H,6-7,9,11-13,15,17-19,22,25-46H2,1-5H3/p+1/b10-8-,16-14-,21-20-,24-23-. The van der Waals surface area contributed by atoms with Gasteiger partial charge in [0.05, 0.1) is 27.7 Å². The van der Waals surface area contributed by atoms with E-state index in [0.717, 1.165) is 70.6 Å². The van der Waals surface area contributed by atoms with E-state index in [2.05, 4.69) is 62.5 Å². The largest absolute Gasteiger partial charge is 0.472 e. The van der Waals surface area contributed by atoms with Crippen molar-refractivity contribution in [2.45, 2.75) is 206 Å². The molecule has 0 radical (unpaired) electrons. The van der Waals surface area contributed by atoms with Gasteiger partial charge in [0.15, 0.2) is 6.10 Å². The molecule has 2 unspecified atom stereocenters. The fraction of sp³-hybridized carbons (Fsp3) is 0.796. The average Bonchev–Trinajstić information content (AvgIpc) is 3.19. The second kappa shape index (κ2) is 41.3. The van der Waals surface area contributed by atoms with Crippen molar-refractivity contribution in [3.8, 4) is 0 Å². The average molecular weight is 853 g/mol. The summed E-state index contributed by atoms with van der Waals surface area (Å²) in [4.78, 5) is 35.4. The first-order chi connectivity index (χ1) is 28.5. The third-order valence-corrected chi connectivity index (χ3v) is 11.1. The molecule has 0 aliphatic carbocycles. The van der Waals surface area contributed by atoms with Crippen LogP contribution in [0.2, 0.25) is 0 Å². The van der Waals surface area contributed by atoms with Crippen LogP contribution in [0.15, 0.2) is 48.6 Å². The van der Waals surface area contributed by atoms with Crippen LogP contribution in [0.3, 0.4) is 0 Å². The molecule has 344 valence electrons. The zero-order valence-corrected chi connectivity index (χ0v) is 39.6. The Morgan fingerprint density at radius 1 is 0.542 bits per heavy atom. The van der Waals surface area contributed by atoms with Crippen LogP contribution in [0.5, 0.6) is 0 Å². The van der Waals surface area contributed by atoms with Gasteiger partial charge < -0.3 is 18.9 Å². The molecular formula is C49H91NO8P+. The van der Waals surface area contributed by atoms with E-state index < -0.39 is 26.5 Å². The number of hydrogen-bond acceptors (Lipinski definition) is 7. The molecule has 0 aromatic rings. The molecule has 0 aliphatic rings. The molecule has 0 aliphatic heterocycles. The summed E-state index contributed by atoms with van der Waals surface area (Å²) in [5.74, 6) is -0.800. The Hall–Kier alpha value is -2.03. The predicted molar refractivity (Wildman–Crippen MR) is 247 cm³/mol. The van der Waals surface area contributed by atoms with Gasteiger partial charge in [-0.2, -0.15) is 0 Å². The predicted octanol–water partition coefficient (Wildman–Crippen LogP) is 13.9. The van der Waals surface area contributed by atoms with Gasteiger partial charge in [0, 0.05) is 12.8 Å². The highest BCUT2D eigenvalue weighted by Crippen LogP contribution is 2.43. The number of carbonyl (C=O) groups is 2. The van der Waals surface area contributed by atoms with Gasteiger partial charge in [0.25, 0.3) is 0 Å². The number of phosphoric acid groups is 1. The van der Waals surface area contributed by atoms with Crippen LogP contribution in [-0.4, -0.2) is 74.9 Å². The number of hydrogen-bond donors (Lipinski definition) is 1. The number of nitrogens with zero attached hydrogens (tertiary/aromatic N) is 1. The Bertz CT molecular complexity index is 1150. The molecule has 0 rings (SSSR count). The first-order valence-electron chi connectivity index (χ1n) is 23.9. The highest BCUT2D eigenvalue weighted by molar-refractivity contribution is 7.47. The molecule has 2 atom stereocenters. The third-order valence-electron chi connectivity index (χ3n) is 10.1. The smallest absolute Gasteiger partial charge is 0.462 e. The number of phosphoric ester groups is 1. The Balaban J connectivity index is 4.25. The maximum absolute atomic E-state index is 12.7. The van der Waals surface area contributed by atoms with E-state index >= 15 is 0 Å². The van der Waals surface area contributed by atoms with Gasteiger partial charge in [-0.1, -0.05) is 184 Å². The van der Waals surface area contributed by atoms with Crippen molar-refractivity contribution in [3.05, 3.63) is 48.6 Å². The number of rotatable bonds is 43. The van der Waals surface area contributed by atoms with Crippen LogP contribution in [0.25, 0.3) is 0 Å². The summed E-state index contributed by atoms with van der Waals surface area (Å²) in [6.07, 6.45) is 48.7. The zero-order chi connectivity index (χ0) is 43.6. The molecule has 10 heteroatoms. The van der Waals surface area contributed by atoms with Crippen LogP contribution in [0.1, 0.15) is 200 Å². The molecule has 59 heavy (non-hydrogen) atoms. The number of likely N-dealkylation sites (N-methyl/N-ethyl adjacent to an activating group) is 1. The van der Waals surface area contributed by atoms with Gasteiger partial charge in [0.1, 0.15) is 19.8 Å². The Morgan fingerprint density at radius 2 is 0.966 bits per heavy atom. The summed E-state index contributed by atoms with van der Waals surface area (Å²) in [6.45, 7) is 4.31. The fourth-order valence-electron chi connectivity index (χ4n) is 6.42. The van der Waals surface area contributed by atoms with Crippen molar-refractivity contribution < 1.29 is 42.1 Å². The summed E-state index contributed by atoms with van der Waals surface area (Å²) >= 11 is 0. The van der Waals surface area contributed by atoms with E-state index in [9.17, 15) is 19.0 Å². The first kappa shape index (κ1) is 57.0. The Labute approximate surface area is 363 Å². The summed E-state index contributed by atoms with van der Waals surface area (Å²) in [7, 11) is 1.47. The quantitative estimate of drug-likeness (QED) is 0.0212. The number of unbranched alkanes of at least 4 members (excludes halogenated alkanes) is 21. The van der Waals surface area contributed by atoms with E-state index in [1.54, 1.807) is 0 Å². The molecule has 0 spiro atoms. The molecular weight excluding hydrogens is 762 g/mol. The molecule has 0 amide bonds. The fourth-order valence-corrected chi connectivity index (χ4v) is 7.16. The summed E-state index contributed by atoms with van der Waals surface area (Å²) in [5.41, 5.74) is 0. The van der Waals surface area contributed by atoms with Crippen molar-refractivity contribution in [2.24, 2.45) is 0 Å². The zero-order valence-electron chi connectivity index (χ0n) is 38.7. The second-order valence-electron chi connectivity index (χ2n) is 17.1. The molecule has 9 nitrogen and oxygen atoms in total. The molecule has 0 aromatic heterocycles. The van der Waals surface area contributed by atoms with Crippen molar-refractivity contribution in [1.82, 2.24) is 0 Å². The maximum Gasteiger partial charge on any atom is 0.472 e. The van der Waals surface area contributed by atoms with Crippen molar-refractivity contribution in [2.75, 3.05) is 47.5 Å². The second-order valence-corrected chi connectivity index (χ2v) is 18.6. The van der Waals surface area contributed by atoms with E-state index in [1.165, 1.54) is 96.3 Å². The number of carbonyl (C=O) groups excluding carboxylic acids is 2.